The van der Waals surface area contributed by atoms with E-state index in [2.05, 4.69) is 5.32 Å². The third kappa shape index (κ3) is 3.63. The predicted molar refractivity (Wildman–Crippen MR) is 67.1 cm³/mol. The lowest BCUT2D eigenvalue weighted by Crippen LogP contribution is -2.39. The molecule has 1 aromatic rings. The SMILES string of the molecule is CNC(=O)CN(c1cccc(N)c1)S(C)(=O)=O. The van der Waals surface area contributed by atoms with Gasteiger partial charge in [-0.15, -0.1) is 0 Å². The number of carbonyl (C=O) groups is 1. The zero-order valence-corrected chi connectivity index (χ0v) is 10.5. The molecule has 94 valence electrons. The Morgan fingerprint density at radius 3 is 2.59 bits per heavy atom. The zero-order valence-electron chi connectivity index (χ0n) is 9.67. The van der Waals surface area contributed by atoms with Crippen molar-refractivity contribution in [3.63, 3.8) is 0 Å². The molecule has 0 aromatic heterocycles. The molecule has 0 atom stereocenters. The Morgan fingerprint density at radius 2 is 2.12 bits per heavy atom. The maximum absolute atomic E-state index is 11.6. The van der Waals surface area contributed by atoms with Crippen LogP contribution in [0.1, 0.15) is 0 Å². The average molecular weight is 257 g/mol. The molecule has 0 spiro atoms. The molecule has 0 unspecified atom stereocenters. The average Bonchev–Trinajstić information content (AvgIpc) is 2.23. The Bertz CT molecular complexity index is 513. The molecule has 7 heteroatoms. The molecule has 0 aliphatic carbocycles. The van der Waals surface area contributed by atoms with Crippen molar-refractivity contribution in [2.24, 2.45) is 0 Å². The van der Waals surface area contributed by atoms with Gasteiger partial charge in [-0.3, -0.25) is 9.10 Å². The lowest BCUT2D eigenvalue weighted by atomic mass is 10.3. The van der Waals surface area contributed by atoms with Gasteiger partial charge in [0.05, 0.1) is 11.9 Å². The van der Waals surface area contributed by atoms with Gasteiger partial charge < -0.3 is 11.1 Å². The molecule has 0 aliphatic heterocycles. The van der Waals surface area contributed by atoms with E-state index in [-0.39, 0.29) is 6.54 Å². The molecule has 1 rings (SSSR count). The number of likely N-dealkylation sites (N-methyl/N-ethyl adjacent to an activating group) is 1. The fourth-order valence-electron chi connectivity index (χ4n) is 1.29. The van der Waals surface area contributed by atoms with Crippen LogP contribution in [-0.2, 0) is 14.8 Å². The van der Waals surface area contributed by atoms with E-state index in [0.29, 0.717) is 11.4 Å². The number of rotatable bonds is 4. The standard InChI is InChI=1S/C10H15N3O3S/c1-12-10(14)7-13(17(2,15)16)9-5-3-4-8(11)6-9/h3-6H,7,11H2,1-2H3,(H,12,14). The van der Waals surface area contributed by atoms with Gasteiger partial charge in [-0.2, -0.15) is 0 Å². The molecule has 0 saturated carbocycles. The van der Waals surface area contributed by atoms with E-state index in [1.807, 2.05) is 0 Å². The number of nitrogens with zero attached hydrogens (tertiary/aromatic N) is 1. The van der Waals surface area contributed by atoms with Gasteiger partial charge in [0.25, 0.3) is 0 Å². The lowest BCUT2D eigenvalue weighted by Gasteiger charge is -2.21. The molecule has 6 nitrogen and oxygen atoms in total. The second kappa shape index (κ2) is 5.05. The summed E-state index contributed by atoms with van der Waals surface area (Å²) in [5.74, 6) is -0.391. The fourth-order valence-corrected chi connectivity index (χ4v) is 2.14. The topological polar surface area (TPSA) is 92.5 Å². The number of hydrogen-bond acceptors (Lipinski definition) is 4. The number of benzene rings is 1. The first-order valence-electron chi connectivity index (χ1n) is 4.88. The Labute approximate surface area is 100 Å². The summed E-state index contributed by atoms with van der Waals surface area (Å²) in [5, 5.41) is 2.38. The number of carbonyl (C=O) groups excluding carboxylic acids is 1. The molecular formula is C10H15N3O3S. The molecule has 0 fully saturated rings. The van der Waals surface area contributed by atoms with E-state index in [9.17, 15) is 13.2 Å². The first-order chi connectivity index (χ1) is 7.84. The van der Waals surface area contributed by atoms with Gasteiger partial charge >= 0.3 is 0 Å². The van der Waals surface area contributed by atoms with Crippen molar-refractivity contribution in [1.29, 1.82) is 0 Å². The van der Waals surface area contributed by atoms with Crippen LogP contribution in [0.3, 0.4) is 0 Å². The molecule has 3 N–H and O–H groups in total. The van der Waals surface area contributed by atoms with Crippen molar-refractivity contribution in [1.82, 2.24) is 5.32 Å². The first-order valence-corrected chi connectivity index (χ1v) is 6.73. The summed E-state index contributed by atoms with van der Waals surface area (Å²) in [5.41, 5.74) is 6.39. The number of anilines is 2. The summed E-state index contributed by atoms with van der Waals surface area (Å²) >= 11 is 0. The normalized spacial score (nSPS) is 10.9. The highest BCUT2D eigenvalue weighted by molar-refractivity contribution is 7.92. The van der Waals surface area contributed by atoms with Crippen molar-refractivity contribution < 1.29 is 13.2 Å². The van der Waals surface area contributed by atoms with Crippen LogP contribution in [0.15, 0.2) is 24.3 Å². The van der Waals surface area contributed by atoms with Crippen LogP contribution in [0.25, 0.3) is 0 Å². The third-order valence-corrected chi connectivity index (χ3v) is 3.27. The van der Waals surface area contributed by atoms with E-state index < -0.39 is 15.9 Å². The maximum atomic E-state index is 11.6. The van der Waals surface area contributed by atoms with Gasteiger partial charge in [0.15, 0.2) is 0 Å². The van der Waals surface area contributed by atoms with Gasteiger partial charge in [0, 0.05) is 12.7 Å². The summed E-state index contributed by atoms with van der Waals surface area (Å²) in [6.07, 6.45) is 1.04. The smallest absolute Gasteiger partial charge is 0.240 e. The number of amides is 1. The number of sulfonamides is 1. The zero-order chi connectivity index (χ0) is 13.1. The minimum absolute atomic E-state index is 0.265. The minimum atomic E-state index is -3.52. The molecule has 0 heterocycles. The Morgan fingerprint density at radius 1 is 1.47 bits per heavy atom. The lowest BCUT2D eigenvalue weighted by molar-refractivity contribution is -0.119. The van der Waals surface area contributed by atoms with Gasteiger partial charge in [-0.1, -0.05) is 6.07 Å². The fraction of sp³-hybridized carbons (Fsp3) is 0.300. The molecular weight excluding hydrogens is 242 g/mol. The van der Waals surface area contributed by atoms with E-state index >= 15 is 0 Å². The Hall–Kier alpha value is -1.76. The maximum Gasteiger partial charge on any atom is 0.240 e. The number of nitrogens with one attached hydrogen (secondary N) is 1. The minimum Gasteiger partial charge on any atom is -0.399 e. The quantitative estimate of drug-likeness (QED) is 0.729. The molecule has 0 bridgehead atoms. The highest BCUT2D eigenvalue weighted by atomic mass is 32.2. The Kier molecular flexibility index (Phi) is 3.95. The van der Waals surface area contributed by atoms with Crippen LogP contribution in [0, 0.1) is 0 Å². The summed E-state index contributed by atoms with van der Waals surface area (Å²) in [6.45, 7) is -0.265. The predicted octanol–water partition coefficient (Wildman–Crippen LogP) is -0.219. The number of nitrogen functional groups attached to an aromatic ring is 1. The van der Waals surface area contributed by atoms with E-state index in [4.69, 9.17) is 5.73 Å². The van der Waals surface area contributed by atoms with Gasteiger partial charge in [0.1, 0.15) is 6.54 Å². The van der Waals surface area contributed by atoms with Crippen molar-refractivity contribution in [2.45, 2.75) is 0 Å². The van der Waals surface area contributed by atoms with E-state index in [0.717, 1.165) is 10.6 Å². The van der Waals surface area contributed by atoms with Crippen molar-refractivity contribution >= 4 is 27.3 Å². The van der Waals surface area contributed by atoms with Crippen LogP contribution < -0.4 is 15.4 Å². The molecule has 0 radical (unpaired) electrons. The largest absolute Gasteiger partial charge is 0.399 e. The van der Waals surface area contributed by atoms with Crippen molar-refractivity contribution in [2.75, 3.05) is 29.9 Å². The molecule has 1 aromatic carbocycles. The monoisotopic (exact) mass is 257 g/mol. The van der Waals surface area contributed by atoms with Crippen molar-refractivity contribution in [3.8, 4) is 0 Å². The molecule has 0 saturated heterocycles. The molecule has 17 heavy (non-hydrogen) atoms. The van der Waals surface area contributed by atoms with E-state index in [1.165, 1.54) is 13.1 Å². The van der Waals surface area contributed by atoms with Gasteiger partial charge in [-0.25, -0.2) is 8.42 Å². The highest BCUT2D eigenvalue weighted by Crippen LogP contribution is 2.19. The third-order valence-electron chi connectivity index (χ3n) is 2.12. The van der Waals surface area contributed by atoms with Crippen LogP contribution in [0.2, 0.25) is 0 Å². The highest BCUT2D eigenvalue weighted by Gasteiger charge is 2.20. The van der Waals surface area contributed by atoms with Crippen LogP contribution in [0.4, 0.5) is 11.4 Å². The Balaban J connectivity index is 3.12. The van der Waals surface area contributed by atoms with Gasteiger partial charge in [-0.05, 0) is 18.2 Å². The summed E-state index contributed by atoms with van der Waals surface area (Å²) in [4.78, 5) is 11.3. The van der Waals surface area contributed by atoms with E-state index in [1.54, 1.807) is 18.2 Å². The van der Waals surface area contributed by atoms with Crippen LogP contribution >= 0.6 is 0 Å². The first kappa shape index (κ1) is 13.3. The summed E-state index contributed by atoms with van der Waals surface area (Å²) in [7, 11) is -2.08. The van der Waals surface area contributed by atoms with Gasteiger partial charge in [0.2, 0.25) is 15.9 Å². The second-order valence-electron chi connectivity index (χ2n) is 3.54. The summed E-state index contributed by atoms with van der Waals surface area (Å²) < 4.78 is 24.2. The number of hydrogen-bond donors (Lipinski definition) is 2. The number of nitrogens with two attached hydrogens (primary N) is 1. The second-order valence-corrected chi connectivity index (χ2v) is 5.44. The van der Waals surface area contributed by atoms with Crippen LogP contribution in [-0.4, -0.2) is 34.2 Å². The van der Waals surface area contributed by atoms with Crippen molar-refractivity contribution in [3.05, 3.63) is 24.3 Å². The summed E-state index contributed by atoms with van der Waals surface area (Å²) in [6, 6.07) is 6.36. The molecule has 1 amide bonds. The van der Waals surface area contributed by atoms with Crippen LogP contribution in [0.5, 0.6) is 0 Å². The molecule has 0 aliphatic rings.